The van der Waals surface area contributed by atoms with E-state index in [1.54, 1.807) is 6.08 Å². The minimum Gasteiger partial charge on any atom is -0.392 e. The largest absolute Gasteiger partial charge is 0.392 e. The summed E-state index contributed by atoms with van der Waals surface area (Å²) < 4.78 is 0.613. The highest BCUT2D eigenvalue weighted by Crippen LogP contribution is 2.08. The first-order valence-electron chi connectivity index (χ1n) is 4.79. The zero-order valence-electron chi connectivity index (χ0n) is 8.99. The lowest BCUT2D eigenvalue weighted by molar-refractivity contribution is -0.119. The fourth-order valence-electron chi connectivity index (χ4n) is 0.840. The molecule has 0 spiro atoms. The molecule has 0 unspecified atom stereocenters. The van der Waals surface area contributed by atoms with E-state index in [1.807, 2.05) is 35.6 Å². The van der Waals surface area contributed by atoms with Crippen LogP contribution in [0.15, 0.2) is 21.9 Å². The summed E-state index contributed by atoms with van der Waals surface area (Å²) in [5, 5.41) is 12.1. The van der Waals surface area contributed by atoms with Crippen molar-refractivity contribution in [3.05, 3.63) is 21.9 Å². The van der Waals surface area contributed by atoms with Gasteiger partial charge in [0.1, 0.15) is 4.05 Å². The quantitative estimate of drug-likeness (QED) is 0.329. The van der Waals surface area contributed by atoms with Crippen LogP contribution in [-0.4, -0.2) is 21.2 Å². The molecule has 0 radical (unpaired) electrons. The van der Waals surface area contributed by atoms with Crippen LogP contribution in [0, 0.1) is 0 Å². The predicted molar refractivity (Wildman–Crippen MR) is 82.3 cm³/mol. The predicted octanol–water partition coefficient (Wildman–Crippen LogP) is 1.82. The highest BCUT2D eigenvalue weighted by molar-refractivity contribution is 14.1. The molecule has 0 aromatic heterocycles. The van der Waals surface area contributed by atoms with Crippen LogP contribution in [0.1, 0.15) is 19.8 Å². The van der Waals surface area contributed by atoms with Crippen LogP contribution >= 0.6 is 45.2 Å². The number of carbonyl (C=O) groups excluding carboxylic acids is 1. The molecule has 0 aliphatic rings. The number of halogens is 2. The van der Waals surface area contributed by atoms with E-state index in [0.717, 1.165) is 3.58 Å². The Hall–Kier alpha value is 0.330. The Morgan fingerprint density at radius 2 is 2.19 bits per heavy atom. The molecular formula is C10H16I2N2O2. The molecule has 0 aliphatic carbocycles. The Bertz CT molecular complexity index is 274. The van der Waals surface area contributed by atoms with Gasteiger partial charge in [-0.1, -0.05) is 34.7 Å². The molecule has 92 valence electrons. The Morgan fingerprint density at radius 3 is 2.69 bits per heavy atom. The maximum absolute atomic E-state index is 11.0. The molecule has 0 saturated carbocycles. The molecule has 0 saturated heterocycles. The Morgan fingerprint density at radius 1 is 1.56 bits per heavy atom. The summed E-state index contributed by atoms with van der Waals surface area (Å²) in [5.74, 6) is -0.241. The third-order valence-corrected chi connectivity index (χ3v) is 2.68. The number of carbonyl (C=O) groups is 1. The van der Waals surface area contributed by atoms with Crippen molar-refractivity contribution in [3.63, 3.8) is 0 Å². The van der Waals surface area contributed by atoms with E-state index in [1.165, 1.54) is 6.20 Å². The summed E-state index contributed by atoms with van der Waals surface area (Å²) in [6.07, 6.45) is 5.93. The van der Waals surface area contributed by atoms with Crippen molar-refractivity contribution >= 4 is 51.1 Å². The van der Waals surface area contributed by atoms with Gasteiger partial charge in [0.2, 0.25) is 0 Å². The van der Waals surface area contributed by atoms with Crippen LogP contribution < -0.4 is 11.1 Å². The number of rotatable bonds is 6. The minimum atomic E-state index is -0.545. The van der Waals surface area contributed by atoms with Crippen molar-refractivity contribution in [2.45, 2.75) is 29.9 Å². The van der Waals surface area contributed by atoms with Gasteiger partial charge in [-0.2, -0.15) is 0 Å². The van der Waals surface area contributed by atoms with Gasteiger partial charge in [-0.3, -0.25) is 4.79 Å². The van der Waals surface area contributed by atoms with Gasteiger partial charge in [0.05, 0.1) is 6.10 Å². The van der Waals surface area contributed by atoms with E-state index >= 15 is 0 Å². The SMILES string of the molecule is C/C(I)=C\C[C@H](O)C/C=C\NC(=O)[C@@H](N)I. The first kappa shape index (κ1) is 16.3. The molecule has 1 amide bonds. The average molecular weight is 450 g/mol. The lowest BCUT2D eigenvalue weighted by atomic mass is 10.2. The van der Waals surface area contributed by atoms with Crippen LogP contribution in [0.2, 0.25) is 0 Å². The second-order valence-corrected chi connectivity index (χ2v) is 6.27. The van der Waals surface area contributed by atoms with Gasteiger partial charge in [-0.05, 0) is 52.1 Å². The van der Waals surface area contributed by atoms with Gasteiger partial charge in [-0.15, -0.1) is 0 Å². The highest BCUT2D eigenvalue weighted by atomic mass is 127. The minimum absolute atomic E-state index is 0.241. The van der Waals surface area contributed by atoms with Crippen LogP contribution in [0.3, 0.4) is 0 Å². The van der Waals surface area contributed by atoms with Crippen LogP contribution in [-0.2, 0) is 4.79 Å². The zero-order valence-corrected chi connectivity index (χ0v) is 13.3. The van der Waals surface area contributed by atoms with Crippen molar-refractivity contribution in [3.8, 4) is 0 Å². The molecule has 2 atom stereocenters. The number of alkyl halides is 1. The average Bonchev–Trinajstić information content (AvgIpc) is 2.20. The third kappa shape index (κ3) is 9.55. The second kappa shape index (κ2) is 9.37. The molecule has 0 aromatic carbocycles. The fraction of sp³-hybridized carbons (Fsp3) is 0.500. The summed E-state index contributed by atoms with van der Waals surface area (Å²) in [6, 6.07) is 0. The number of aliphatic hydroxyl groups excluding tert-OH is 1. The summed E-state index contributed by atoms with van der Waals surface area (Å²) in [7, 11) is 0. The normalized spacial score (nSPS) is 16.2. The number of hydrogen-bond donors (Lipinski definition) is 3. The number of allylic oxidation sites excluding steroid dienone is 1. The zero-order chi connectivity index (χ0) is 12.6. The molecule has 0 fully saturated rings. The Kier molecular flexibility index (Phi) is 9.56. The molecule has 0 aliphatic heterocycles. The van der Waals surface area contributed by atoms with Crippen LogP contribution in [0.25, 0.3) is 0 Å². The summed E-state index contributed by atoms with van der Waals surface area (Å²) in [6.45, 7) is 1.98. The van der Waals surface area contributed by atoms with Crippen molar-refractivity contribution in [2.75, 3.05) is 0 Å². The topological polar surface area (TPSA) is 75.3 Å². The maximum Gasteiger partial charge on any atom is 0.250 e. The van der Waals surface area contributed by atoms with Gasteiger partial charge >= 0.3 is 0 Å². The van der Waals surface area contributed by atoms with E-state index in [2.05, 4.69) is 27.9 Å². The molecular weight excluding hydrogens is 434 g/mol. The number of aliphatic hydroxyl groups is 1. The molecule has 0 aromatic rings. The number of nitrogens with one attached hydrogen (secondary N) is 1. The van der Waals surface area contributed by atoms with Crippen molar-refractivity contribution in [1.82, 2.24) is 5.32 Å². The number of nitrogens with two attached hydrogens (primary N) is 1. The van der Waals surface area contributed by atoms with E-state index < -0.39 is 10.2 Å². The lowest BCUT2D eigenvalue weighted by Gasteiger charge is -2.04. The van der Waals surface area contributed by atoms with Gasteiger partial charge < -0.3 is 16.2 Å². The highest BCUT2D eigenvalue weighted by Gasteiger charge is 2.05. The molecule has 4 N–H and O–H groups in total. The molecule has 4 nitrogen and oxygen atoms in total. The van der Waals surface area contributed by atoms with E-state index in [4.69, 9.17) is 5.73 Å². The first-order chi connectivity index (χ1) is 7.43. The van der Waals surface area contributed by atoms with Gasteiger partial charge in [0, 0.05) is 0 Å². The van der Waals surface area contributed by atoms with Crippen LogP contribution in [0.5, 0.6) is 0 Å². The summed E-state index contributed by atoms with van der Waals surface area (Å²) in [4.78, 5) is 11.0. The van der Waals surface area contributed by atoms with Crippen LogP contribution in [0.4, 0.5) is 0 Å². The standard InChI is InChI=1S/C10H16I2N2O2/c1-7(11)4-5-8(15)3-2-6-14-10(16)9(12)13/h2,4,6,8-9,15H,3,5,13H2,1H3,(H,14,16)/b6-2-,7-4+/t8-,9-/m1/s1. The molecule has 16 heavy (non-hydrogen) atoms. The van der Waals surface area contributed by atoms with Gasteiger partial charge in [0.25, 0.3) is 5.91 Å². The van der Waals surface area contributed by atoms with E-state index in [-0.39, 0.29) is 5.91 Å². The summed E-state index contributed by atoms with van der Waals surface area (Å²) in [5.41, 5.74) is 5.34. The smallest absolute Gasteiger partial charge is 0.250 e. The number of amides is 1. The summed E-state index contributed by atoms with van der Waals surface area (Å²) >= 11 is 4.02. The molecule has 0 heterocycles. The fourth-order valence-corrected chi connectivity index (χ4v) is 1.27. The number of hydrogen-bond acceptors (Lipinski definition) is 3. The van der Waals surface area contributed by atoms with Gasteiger partial charge in [-0.25, -0.2) is 0 Å². The monoisotopic (exact) mass is 450 g/mol. The van der Waals surface area contributed by atoms with E-state index in [0.29, 0.717) is 12.8 Å². The molecule has 6 heteroatoms. The van der Waals surface area contributed by atoms with Crippen molar-refractivity contribution in [1.29, 1.82) is 0 Å². The first-order valence-corrected chi connectivity index (χ1v) is 7.11. The lowest BCUT2D eigenvalue weighted by Crippen LogP contribution is -2.32. The van der Waals surface area contributed by atoms with Gasteiger partial charge in [0.15, 0.2) is 0 Å². The van der Waals surface area contributed by atoms with E-state index in [9.17, 15) is 9.90 Å². The third-order valence-electron chi connectivity index (χ3n) is 1.67. The van der Waals surface area contributed by atoms with Crippen molar-refractivity contribution in [2.24, 2.45) is 5.73 Å². The van der Waals surface area contributed by atoms with Crippen molar-refractivity contribution < 1.29 is 9.90 Å². The Balaban J connectivity index is 3.75. The molecule has 0 bridgehead atoms. The molecule has 0 rings (SSSR count). The second-order valence-electron chi connectivity index (χ2n) is 3.23. The maximum atomic E-state index is 11.0. The Labute approximate surface area is 123 Å².